The molecule has 2 aromatic rings. The molecule has 146 valence electrons. The van der Waals surface area contributed by atoms with Gasteiger partial charge >= 0.3 is 0 Å². The number of nitrogens with zero attached hydrogens (tertiary/aromatic N) is 3. The van der Waals surface area contributed by atoms with Gasteiger partial charge in [0.1, 0.15) is 11.6 Å². The van der Waals surface area contributed by atoms with Crippen molar-refractivity contribution in [3.05, 3.63) is 41.1 Å². The van der Waals surface area contributed by atoms with E-state index in [1.165, 1.54) is 18.4 Å². The van der Waals surface area contributed by atoms with Crippen molar-refractivity contribution in [3.63, 3.8) is 0 Å². The average Bonchev–Trinajstić information content (AvgIpc) is 3.33. The molecule has 6 nitrogen and oxygen atoms in total. The number of rotatable bonds is 8. The number of anilines is 1. The maximum Gasteiger partial charge on any atom is 0.239 e. The molecular formula is C21H30N4O2. The van der Waals surface area contributed by atoms with Crippen molar-refractivity contribution in [3.8, 4) is 5.75 Å². The molecule has 1 saturated carbocycles. The number of carbonyl (C=O) groups excluding carboxylic acids is 1. The molecule has 6 heteroatoms. The highest BCUT2D eigenvalue weighted by Crippen LogP contribution is 2.40. The summed E-state index contributed by atoms with van der Waals surface area (Å²) in [5.41, 5.74) is 3.40. The predicted molar refractivity (Wildman–Crippen MR) is 107 cm³/mol. The van der Waals surface area contributed by atoms with E-state index in [0.29, 0.717) is 25.0 Å². The van der Waals surface area contributed by atoms with Crippen LogP contribution in [0.2, 0.25) is 0 Å². The number of hydrogen-bond acceptors (Lipinski definition) is 4. The summed E-state index contributed by atoms with van der Waals surface area (Å²) in [5, 5.41) is 7.40. The Morgan fingerprint density at radius 1 is 1.37 bits per heavy atom. The minimum Gasteiger partial charge on any atom is -0.496 e. The minimum absolute atomic E-state index is 0.0239. The van der Waals surface area contributed by atoms with Crippen LogP contribution in [0.3, 0.4) is 0 Å². The van der Waals surface area contributed by atoms with E-state index in [1.54, 1.807) is 13.3 Å². The second-order valence-electron chi connectivity index (χ2n) is 7.72. The van der Waals surface area contributed by atoms with Crippen LogP contribution in [0.25, 0.3) is 0 Å². The van der Waals surface area contributed by atoms with Crippen molar-refractivity contribution in [2.45, 2.75) is 46.2 Å². The molecule has 1 amide bonds. The second kappa shape index (κ2) is 8.13. The Morgan fingerprint density at radius 2 is 2.04 bits per heavy atom. The van der Waals surface area contributed by atoms with Crippen LogP contribution in [0.4, 0.5) is 5.82 Å². The second-order valence-corrected chi connectivity index (χ2v) is 7.72. The van der Waals surface area contributed by atoms with Crippen molar-refractivity contribution >= 4 is 11.7 Å². The first kappa shape index (κ1) is 19.4. The van der Waals surface area contributed by atoms with Crippen LogP contribution in [0.1, 0.15) is 42.5 Å². The molecule has 0 aliphatic heterocycles. The zero-order valence-electron chi connectivity index (χ0n) is 17.0. The van der Waals surface area contributed by atoms with Crippen LogP contribution >= 0.6 is 0 Å². The summed E-state index contributed by atoms with van der Waals surface area (Å²) in [7, 11) is 3.65. The summed E-state index contributed by atoms with van der Waals surface area (Å²) in [6, 6.07) is 6.44. The van der Waals surface area contributed by atoms with Gasteiger partial charge in [-0.25, -0.2) is 4.68 Å². The summed E-state index contributed by atoms with van der Waals surface area (Å²) in [6.45, 7) is 7.29. The van der Waals surface area contributed by atoms with Gasteiger partial charge in [0, 0.05) is 12.6 Å². The Morgan fingerprint density at radius 3 is 2.63 bits per heavy atom. The summed E-state index contributed by atoms with van der Waals surface area (Å²) in [6.07, 6.45) is 4.25. The van der Waals surface area contributed by atoms with Crippen molar-refractivity contribution in [1.29, 1.82) is 0 Å². The van der Waals surface area contributed by atoms with Gasteiger partial charge in [0.15, 0.2) is 0 Å². The number of aryl methyl sites for hydroxylation is 2. The number of hydrogen-bond donors (Lipinski definition) is 1. The normalized spacial score (nSPS) is 15.0. The quantitative estimate of drug-likeness (QED) is 0.772. The lowest BCUT2D eigenvalue weighted by atomic mass is 10.1. The standard InChI is InChI=1S/C21H30N4O2/c1-14-10-17(11-15(2)21(14)27-5)12-24(4)13-20(26)23-19-8-9-22-25(19)16(3)18-6-7-18/h8-11,16,18H,6-7,12-13H2,1-5H3,(H,23,26). The van der Waals surface area contributed by atoms with Crippen molar-refractivity contribution < 1.29 is 9.53 Å². The Balaban J connectivity index is 1.58. The molecule has 3 rings (SSSR count). The van der Waals surface area contributed by atoms with Gasteiger partial charge in [0.25, 0.3) is 0 Å². The molecule has 1 aliphatic rings. The largest absolute Gasteiger partial charge is 0.496 e. The first-order valence-electron chi connectivity index (χ1n) is 9.55. The molecule has 0 radical (unpaired) electrons. The van der Waals surface area contributed by atoms with Gasteiger partial charge in [-0.15, -0.1) is 0 Å². The van der Waals surface area contributed by atoms with Crippen LogP contribution in [-0.4, -0.2) is 41.3 Å². The third-order valence-corrected chi connectivity index (χ3v) is 5.22. The monoisotopic (exact) mass is 370 g/mol. The molecule has 0 bridgehead atoms. The molecule has 1 heterocycles. The topological polar surface area (TPSA) is 59.4 Å². The van der Waals surface area contributed by atoms with E-state index in [-0.39, 0.29) is 5.91 Å². The molecule has 1 aliphatic carbocycles. The fourth-order valence-corrected chi connectivity index (χ4v) is 3.76. The fourth-order valence-electron chi connectivity index (χ4n) is 3.76. The first-order chi connectivity index (χ1) is 12.9. The highest BCUT2D eigenvalue weighted by molar-refractivity contribution is 5.91. The van der Waals surface area contributed by atoms with Gasteiger partial charge in [0.05, 0.1) is 25.9 Å². The first-order valence-corrected chi connectivity index (χ1v) is 9.55. The van der Waals surface area contributed by atoms with Gasteiger partial charge in [-0.1, -0.05) is 12.1 Å². The molecule has 1 fully saturated rings. The Labute approximate surface area is 161 Å². The molecule has 1 N–H and O–H groups in total. The molecular weight excluding hydrogens is 340 g/mol. The molecule has 0 saturated heterocycles. The van der Waals surface area contributed by atoms with Crippen LogP contribution in [0.15, 0.2) is 24.4 Å². The van der Waals surface area contributed by atoms with Crippen LogP contribution in [0.5, 0.6) is 5.75 Å². The minimum atomic E-state index is -0.0239. The van der Waals surface area contributed by atoms with Crippen LogP contribution < -0.4 is 10.1 Å². The molecule has 1 aromatic heterocycles. The van der Waals surface area contributed by atoms with E-state index in [1.807, 2.05) is 36.5 Å². The molecule has 1 atom stereocenters. The Kier molecular flexibility index (Phi) is 5.85. The zero-order chi connectivity index (χ0) is 19.6. The van der Waals surface area contributed by atoms with Crippen LogP contribution in [0, 0.1) is 19.8 Å². The van der Waals surface area contributed by atoms with E-state index in [0.717, 1.165) is 22.7 Å². The van der Waals surface area contributed by atoms with Crippen molar-refractivity contribution in [2.75, 3.05) is 26.0 Å². The number of carbonyl (C=O) groups is 1. The average molecular weight is 370 g/mol. The van der Waals surface area contributed by atoms with E-state index in [2.05, 4.69) is 29.5 Å². The molecule has 0 spiro atoms. The Hall–Kier alpha value is -2.34. The lowest BCUT2D eigenvalue weighted by Gasteiger charge is -2.19. The van der Waals surface area contributed by atoms with Crippen LogP contribution in [-0.2, 0) is 11.3 Å². The lowest BCUT2D eigenvalue weighted by Crippen LogP contribution is -2.31. The number of amides is 1. The summed E-state index contributed by atoms with van der Waals surface area (Å²) in [5.74, 6) is 2.37. The van der Waals surface area contributed by atoms with Gasteiger partial charge in [-0.2, -0.15) is 5.10 Å². The third kappa shape index (κ3) is 4.69. The highest BCUT2D eigenvalue weighted by atomic mass is 16.5. The van der Waals surface area contributed by atoms with E-state index in [4.69, 9.17) is 4.74 Å². The maximum absolute atomic E-state index is 12.5. The van der Waals surface area contributed by atoms with E-state index < -0.39 is 0 Å². The van der Waals surface area contributed by atoms with Gasteiger partial charge in [0.2, 0.25) is 5.91 Å². The smallest absolute Gasteiger partial charge is 0.239 e. The maximum atomic E-state index is 12.5. The fraction of sp³-hybridized carbons (Fsp3) is 0.524. The molecule has 1 aromatic carbocycles. The Bertz CT molecular complexity index is 787. The number of benzene rings is 1. The number of aromatic nitrogens is 2. The van der Waals surface area contributed by atoms with Crippen molar-refractivity contribution in [1.82, 2.24) is 14.7 Å². The molecule has 27 heavy (non-hydrogen) atoms. The number of nitrogens with one attached hydrogen (secondary N) is 1. The van der Waals surface area contributed by atoms with Crippen molar-refractivity contribution in [2.24, 2.45) is 5.92 Å². The van der Waals surface area contributed by atoms with Gasteiger partial charge in [-0.3, -0.25) is 9.69 Å². The predicted octanol–water partition coefficient (Wildman–Crippen LogP) is 3.55. The third-order valence-electron chi connectivity index (χ3n) is 5.22. The number of ether oxygens (including phenoxy) is 1. The van der Waals surface area contributed by atoms with Gasteiger partial charge < -0.3 is 10.1 Å². The lowest BCUT2D eigenvalue weighted by molar-refractivity contribution is -0.117. The zero-order valence-corrected chi connectivity index (χ0v) is 17.0. The summed E-state index contributed by atoms with van der Waals surface area (Å²) >= 11 is 0. The van der Waals surface area contributed by atoms with Gasteiger partial charge in [-0.05, 0) is 63.3 Å². The number of methoxy groups -OCH3 is 1. The summed E-state index contributed by atoms with van der Waals surface area (Å²) in [4.78, 5) is 14.5. The van der Waals surface area contributed by atoms with E-state index >= 15 is 0 Å². The highest BCUT2D eigenvalue weighted by Gasteiger charge is 2.30. The SMILES string of the molecule is COc1c(C)cc(CN(C)CC(=O)Nc2ccnn2C(C)C2CC2)cc1C. The molecule has 1 unspecified atom stereocenters. The van der Waals surface area contributed by atoms with E-state index in [9.17, 15) is 4.79 Å². The summed E-state index contributed by atoms with van der Waals surface area (Å²) < 4.78 is 7.36. The number of likely N-dealkylation sites (N-methyl/N-ethyl adjacent to an activating group) is 1.